The van der Waals surface area contributed by atoms with Gasteiger partial charge in [0, 0.05) is 64.6 Å². The molecule has 1 fully saturated rings. The number of carbonyl (C=O) groups is 1. The van der Waals surface area contributed by atoms with Crippen molar-refractivity contribution in [2.75, 3.05) is 20.1 Å². The molecule has 0 radical (unpaired) electrons. The van der Waals surface area contributed by atoms with E-state index in [-0.39, 0.29) is 5.91 Å². The molecular weight excluding hydrogens is 228 g/mol. The molecule has 2 rings (SSSR count). The zero-order chi connectivity index (χ0) is 13.0. The third kappa shape index (κ3) is 2.97. The highest BCUT2D eigenvalue weighted by atomic mass is 16.2. The van der Waals surface area contributed by atoms with Crippen LogP contribution < -0.4 is 0 Å². The predicted octanol–water partition coefficient (Wildman–Crippen LogP) is 0.902. The fourth-order valence-electron chi connectivity index (χ4n) is 2.36. The van der Waals surface area contributed by atoms with Gasteiger partial charge < -0.3 is 14.5 Å². The van der Waals surface area contributed by atoms with E-state index in [9.17, 15) is 4.79 Å². The molecule has 0 N–H and O–H groups in total. The Morgan fingerprint density at radius 2 is 2.50 bits per heavy atom. The normalized spacial score (nSPS) is 19.9. The molecule has 1 unspecified atom stereocenters. The van der Waals surface area contributed by atoms with Gasteiger partial charge in [0.05, 0.1) is 0 Å². The second kappa shape index (κ2) is 5.80. The molecule has 2 heterocycles. The van der Waals surface area contributed by atoms with Crippen LogP contribution in [0.3, 0.4) is 0 Å². The van der Waals surface area contributed by atoms with Gasteiger partial charge in [-0.05, 0) is 6.42 Å². The molecule has 1 saturated heterocycles. The van der Waals surface area contributed by atoms with Gasteiger partial charge in [0.25, 0.3) is 0 Å². The number of carbonyl (C=O) groups excluding carboxylic acids is 1. The molecule has 1 aliphatic rings. The third-order valence-corrected chi connectivity index (χ3v) is 3.42. The number of hydrogen-bond acceptors (Lipinski definition) is 3. The lowest BCUT2D eigenvalue weighted by Crippen LogP contribution is -2.29. The monoisotopic (exact) mass is 248 g/mol. The zero-order valence-corrected chi connectivity index (χ0v) is 11.0. The second-order valence-corrected chi connectivity index (χ2v) is 4.75. The summed E-state index contributed by atoms with van der Waals surface area (Å²) in [6.45, 7) is 1.67. The Balaban J connectivity index is 1.81. The van der Waals surface area contributed by atoms with Crippen LogP contribution in [0.4, 0.5) is 0 Å². The van der Waals surface area contributed by atoms with E-state index < -0.39 is 0 Å². The van der Waals surface area contributed by atoms with E-state index in [0.29, 0.717) is 18.8 Å². The van der Waals surface area contributed by atoms with Crippen molar-refractivity contribution in [3.05, 3.63) is 18.2 Å². The summed E-state index contributed by atoms with van der Waals surface area (Å²) in [5.74, 6) is 1.63. The van der Waals surface area contributed by atoms with E-state index in [1.165, 1.54) is 0 Å². The standard InChI is InChI=1S/C13H20N4O/c1-14-9-11-5-7-17(10-11)13(18)4-3-12-15-6-8-16(12)2/h6,8-9,11H,3-5,7,10H2,1-2H3/b14-9+. The van der Waals surface area contributed by atoms with Crippen molar-refractivity contribution < 1.29 is 4.79 Å². The van der Waals surface area contributed by atoms with Crippen LogP contribution in [0.2, 0.25) is 0 Å². The average Bonchev–Trinajstić information content (AvgIpc) is 2.96. The van der Waals surface area contributed by atoms with Gasteiger partial charge >= 0.3 is 0 Å². The summed E-state index contributed by atoms with van der Waals surface area (Å²) >= 11 is 0. The van der Waals surface area contributed by atoms with Gasteiger partial charge in [0.1, 0.15) is 5.82 Å². The first-order valence-corrected chi connectivity index (χ1v) is 6.37. The lowest BCUT2D eigenvalue weighted by molar-refractivity contribution is -0.130. The van der Waals surface area contributed by atoms with Crippen LogP contribution in [0.1, 0.15) is 18.7 Å². The largest absolute Gasteiger partial charge is 0.342 e. The van der Waals surface area contributed by atoms with Gasteiger partial charge in [0.15, 0.2) is 0 Å². The number of rotatable bonds is 4. The first kappa shape index (κ1) is 12.8. The molecule has 0 aliphatic carbocycles. The summed E-state index contributed by atoms with van der Waals surface area (Å²) in [4.78, 5) is 22.2. The Kier molecular flexibility index (Phi) is 4.12. The van der Waals surface area contributed by atoms with Crippen LogP contribution in [0.5, 0.6) is 0 Å². The third-order valence-electron chi connectivity index (χ3n) is 3.42. The second-order valence-electron chi connectivity index (χ2n) is 4.75. The Labute approximate surface area is 108 Å². The lowest BCUT2D eigenvalue weighted by Gasteiger charge is -2.15. The van der Waals surface area contributed by atoms with Gasteiger partial charge in [-0.2, -0.15) is 0 Å². The molecule has 0 saturated carbocycles. The molecule has 18 heavy (non-hydrogen) atoms. The van der Waals surface area contributed by atoms with Crippen LogP contribution in [0, 0.1) is 5.92 Å². The van der Waals surface area contributed by atoms with Crippen LogP contribution >= 0.6 is 0 Å². The number of hydrogen-bond donors (Lipinski definition) is 0. The minimum atomic E-state index is 0.227. The van der Waals surface area contributed by atoms with Crippen molar-refractivity contribution in [1.82, 2.24) is 14.5 Å². The number of imidazole rings is 1. The number of nitrogens with zero attached hydrogens (tertiary/aromatic N) is 4. The van der Waals surface area contributed by atoms with Gasteiger partial charge in [-0.25, -0.2) is 4.98 Å². The van der Waals surface area contributed by atoms with Crippen molar-refractivity contribution in [3.8, 4) is 0 Å². The number of likely N-dealkylation sites (tertiary alicyclic amines) is 1. The molecule has 1 aromatic heterocycles. The van der Waals surface area contributed by atoms with Gasteiger partial charge in [0.2, 0.25) is 5.91 Å². The van der Waals surface area contributed by atoms with Gasteiger partial charge in [-0.3, -0.25) is 4.79 Å². The zero-order valence-electron chi connectivity index (χ0n) is 11.0. The van der Waals surface area contributed by atoms with Gasteiger partial charge in [-0.15, -0.1) is 0 Å². The molecule has 0 aromatic carbocycles. The van der Waals surface area contributed by atoms with E-state index in [1.54, 1.807) is 13.2 Å². The van der Waals surface area contributed by atoms with Crippen molar-refractivity contribution >= 4 is 12.1 Å². The molecule has 5 heteroatoms. The first-order chi connectivity index (χ1) is 8.70. The fourth-order valence-corrected chi connectivity index (χ4v) is 2.36. The van der Waals surface area contributed by atoms with Crippen molar-refractivity contribution in [2.45, 2.75) is 19.3 Å². The first-order valence-electron chi connectivity index (χ1n) is 6.37. The Morgan fingerprint density at radius 1 is 1.67 bits per heavy atom. The minimum Gasteiger partial charge on any atom is -0.342 e. The van der Waals surface area contributed by atoms with Crippen molar-refractivity contribution in [2.24, 2.45) is 18.0 Å². The quantitative estimate of drug-likeness (QED) is 0.743. The molecule has 1 amide bonds. The van der Waals surface area contributed by atoms with E-state index in [1.807, 2.05) is 28.9 Å². The minimum absolute atomic E-state index is 0.227. The number of aliphatic imine (C=N–C) groups is 1. The van der Waals surface area contributed by atoms with E-state index in [0.717, 1.165) is 25.3 Å². The van der Waals surface area contributed by atoms with Crippen molar-refractivity contribution in [1.29, 1.82) is 0 Å². The lowest BCUT2D eigenvalue weighted by atomic mass is 10.1. The molecule has 1 aromatic rings. The Morgan fingerprint density at radius 3 is 3.17 bits per heavy atom. The molecule has 1 atom stereocenters. The maximum atomic E-state index is 12.0. The number of aryl methyl sites for hydroxylation is 2. The van der Waals surface area contributed by atoms with E-state index in [2.05, 4.69) is 9.98 Å². The maximum absolute atomic E-state index is 12.0. The van der Waals surface area contributed by atoms with Crippen LogP contribution in [-0.2, 0) is 18.3 Å². The number of amides is 1. The average molecular weight is 248 g/mol. The highest BCUT2D eigenvalue weighted by Crippen LogP contribution is 2.15. The topological polar surface area (TPSA) is 50.5 Å². The summed E-state index contributed by atoms with van der Waals surface area (Å²) in [6, 6.07) is 0. The summed E-state index contributed by atoms with van der Waals surface area (Å²) in [5.41, 5.74) is 0. The SMILES string of the molecule is C/N=C/C1CCN(C(=O)CCc2nccn2C)C1. The Bertz CT molecular complexity index is 438. The summed E-state index contributed by atoms with van der Waals surface area (Å²) < 4.78 is 1.96. The van der Waals surface area contributed by atoms with Crippen LogP contribution in [0.25, 0.3) is 0 Å². The molecule has 1 aliphatic heterocycles. The number of aromatic nitrogens is 2. The smallest absolute Gasteiger partial charge is 0.223 e. The predicted molar refractivity (Wildman–Crippen MR) is 70.6 cm³/mol. The highest BCUT2D eigenvalue weighted by Gasteiger charge is 2.24. The summed E-state index contributed by atoms with van der Waals surface area (Å²) in [7, 11) is 3.74. The summed E-state index contributed by atoms with van der Waals surface area (Å²) in [6.07, 6.45) is 7.91. The molecular formula is C13H20N4O. The van der Waals surface area contributed by atoms with Gasteiger partial charge in [-0.1, -0.05) is 0 Å². The summed E-state index contributed by atoms with van der Waals surface area (Å²) in [5, 5.41) is 0. The fraction of sp³-hybridized carbons (Fsp3) is 0.615. The van der Waals surface area contributed by atoms with E-state index in [4.69, 9.17) is 0 Å². The molecule has 0 bridgehead atoms. The van der Waals surface area contributed by atoms with Crippen LogP contribution in [0.15, 0.2) is 17.4 Å². The van der Waals surface area contributed by atoms with E-state index >= 15 is 0 Å². The molecule has 98 valence electrons. The van der Waals surface area contributed by atoms with Crippen molar-refractivity contribution in [3.63, 3.8) is 0 Å². The molecule has 5 nitrogen and oxygen atoms in total. The maximum Gasteiger partial charge on any atom is 0.223 e. The highest BCUT2D eigenvalue weighted by molar-refractivity contribution is 5.77. The van der Waals surface area contributed by atoms with Crippen LogP contribution in [-0.4, -0.2) is 46.7 Å². The Hall–Kier alpha value is -1.65. The molecule has 0 spiro atoms.